The number of carboxylic acid groups (broad SMARTS) is 1. The molecule has 1 unspecified atom stereocenters. The Balaban J connectivity index is 1.33. The van der Waals surface area contributed by atoms with E-state index in [9.17, 15) is 4.79 Å². The number of aromatic nitrogens is 2. The summed E-state index contributed by atoms with van der Waals surface area (Å²) in [4.78, 5) is 13.4. The van der Waals surface area contributed by atoms with E-state index in [2.05, 4.69) is 51.2 Å². The molecule has 0 saturated carbocycles. The largest absolute Gasteiger partial charge is 0.489 e. The van der Waals surface area contributed by atoms with Crippen LogP contribution in [-0.4, -0.2) is 26.2 Å². The minimum Gasteiger partial charge on any atom is -0.489 e. The van der Waals surface area contributed by atoms with Crippen LogP contribution in [0.5, 0.6) is 5.75 Å². The average Bonchev–Trinajstić information content (AvgIpc) is 3.34. The molecule has 0 aliphatic carbocycles. The molecule has 6 heteroatoms. The van der Waals surface area contributed by atoms with Gasteiger partial charge in [-0.1, -0.05) is 42.3 Å². The van der Waals surface area contributed by atoms with Crippen LogP contribution in [0.3, 0.4) is 0 Å². The van der Waals surface area contributed by atoms with Crippen LogP contribution in [0.1, 0.15) is 47.2 Å². The summed E-state index contributed by atoms with van der Waals surface area (Å²) in [5.41, 5.74) is 5.74. The fourth-order valence-electron chi connectivity index (χ4n) is 3.88. The maximum Gasteiger partial charge on any atom is 0.304 e. The van der Waals surface area contributed by atoms with E-state index in [1.165, 1.54) is 16.8 Å². The minimum atomic E-state index is -0.855. The van der Waals surface area contributed by atoms with Crippen LogP contribution in [0, 0.1) is 11.8 Å². The normalized spacial score (nSPS) is 13.8. The Bertz CT molecular complexity index is 1090. The number of hydrogen-bond donors (Lipinski definition) is 2. The van der Waals surface area contributed by atoms with Gasteiger partial charge in [-0.15, -0.1) is 5.92 Å². The van der Waals surface area contributed by atoms with Gasteiger partial charge in [0.2, 0.25) is 0 Å². The van der Waals surface area contributed by atoms with Gasteiger partial charge in [0.1, 0.15) is 12.4 Å². The SMILES string of the molecule is CC#CC(CC(=O)O)c1ccc(OCc2cccc(CN3Cc4cn[nH]c4C3)c2)cc1. The Morgan fingerprint density at radius 1 is 1.23 bits per heavy atom. The van der Waals surface area contributed by atoms with E-state index in [4.69, 9.17) is 9.84 Å². The second kappa shape index (κ2) is 9.50. The molecule has 0 saturated heterocycles. The third-order valence-electron chi connectivity index (χ3n) is 5.37. The summed E-state index contributed by atoms with van der Waals surface area (Å²) in [6, 6.07) is 16.0. The lowest BCUT2D eigenvalue weighted by Gasteiger charge is -2.16. The molecule has 1 aromatic heterocycles. The first-order valence-electron chi connectivity index (χ1n) is 10.3. The third-order valence-corrected chi connectivity index (χ3v) is 5.37. The fourth-order valence-corrected chi connectivity index (χ4v) is 3.88. The van der Waals surface area contributed by atoms with E-state index in [-0.39, 0.29) is 12.3 Å². The Labute approximate surface area is 181 Å². The topological polar surface area (TPSA) is 78.5 Å². The highest BCUT2D eigenvalue weighted by atomic mass is 16.5. The summed E-state index contributed by atoms with van der Waals surface area (Å²) >= 11 is 0. The molecule has 0 bridgehead atoms. The van der Waals surface area contributed by atoms with Crippen molar-refractivity contribution in [3.8, 4) is 17.6 Å². The predicted molar refractivity (Wildman–Crippen MR) is 117 cm³/mol. The van der Waals surface area contributed by atoms with Crippen molar-refractivity contribution >= 4 is 5.97 Å². The van der Waals surface area contributed by atoms with E-state index >= 15 is 0 Å². The molecule has 0 radical (unpaired) electrons. The van der Waals surface area contributed by atoms with Gasteiger partial charge in [-0.3, -0.25) is 14.8 Å². The highest BCUT2D eigenvalue weighted by molar-refractivity contribution is 5.69. The lowest BCUT2D eigenvalue weighted by molar-refractivity contribution is -0.137. The van der Waals surface area contributed by atoms with Gasteiger partial charge in [-0.25, -0.2) is 0 Å². The number of fused-ring (bicyclic) bond motifs is 1. The first kappa shape index (κ1) is 20.7. The highest BCUT2D eigenvalue weighted by Crippen LogP contribution is 2.24. The fraction of sp³-hybridized carbons (Fsp3) is 0.280. The van der Waals surface area contributed by atoms with Crippen molar-refractivity contribution in [1.82, 2.24) is 15.1 Å². The lowest BCUT2D eigenvalue weighted by atomic mass is 9.96. The van der Waals surface area contributed by atoms with Crippen molar-refractivity contribution in [1.29, 1.82) is 0 Å². The summed E-state index contributed by atoms with van der Waals surface area (Å²) in [6.45, 7) is 4.90. The Kier molecular flexibility index (Phi) is 6.34. The number of rotatable bonds is 8. The van der Waals surface area contributed by atoms with E-state index in [0.29, 0.717) is 6.61 Å². The van der Waals surface area contributed by atoms with Gasteiger partial charge < -0.3 is 9.84 Å². The number of aromatic amines is 1. The Morgan fingerprint density at radius 3 is 2.77 bits per heavy atom. The standard InChI is InChI=1S/C25H25N3O3/c1-2-4-21(12-25(29)30)20-7-9-23(10-8-20)31-17-19-6-3-5-18(11-19)14-28-15-22-13-26-27-24(22)16-28/h3,5-11,13,21H,12,14-17H2,1H3,(H,26,27)(H,29,30). The molecule has 2 aromatic carbocycles. The number of nitrogens with one attached hydrogen (secondary N) is 1. The number of H-pyrrole nitrogens is 1. The number of carboxylic acids is 1. The van der Waals surface area contributed by atoms with Crippen LogP contribution in [0.15, 0.2) is 54.7 Å². The molecule has 31 heavy (non-hydrogen) atoms. The molecule has 2 N–H and O–H groups in total. The van der Waals surface area contributed by atoms with Crippen molar-refractivity contribution in [2.24, 2.45) is 0 Å². The van der Waals surface area contributed by atoms with Crippen LogP contribution in [0.4, 0.5) is 0 Å². The van der Waals surface area contributed by atoms with Gasteiger partial charge in [0.05, 0.1) is 24.2 Å². The van der Waals surface area contributed by atoms with Crippen molar-refractivity contribution in [3.05, 3.63) is 82.7 Å². The van der Waals surface area contributed by atoms with Gasteiger partial charge in [0, 0.05) is 25.2 Å². The molecule has 3 aromatic rings. The molecule has 0 amide bonds. The maximum absolute atomic E-state index is 11.1. The molecule has 6 nitrogen and oxygen atoms in total. The summed E-state index contributed by atoms with van der Waals surface area (Å²) < 4.78 is 5.95. The first-order chi connectivity index (χ1) is 15.1. The van der Waals surface area contributed by atoms with Crippen molar-refractivity contribution < 1.29 is 14.6 Å². The molecule has 2 heterocycles. The van der Waals surface area contributed by atoms with Gasteiger partial charge in [-0.2, -0.15) is 5.10 Å². The lowest BCUT2D eigenvalue weighted by Crippen LogP contribution is -2.16. The smallest absolute Gasteiger partial charge is 0.304 e. The average molecular weight is 415 g/mol. The molecule has 1 atom stereocenters. The molecule has 1 aliphatic heterocycles. The zero-order valence-electron chi connectivity index (χ0n) is 17.5. The van der Waals surface area contributed by atoms with Gasteiger partial charge in [0.15, 0.2) is 0 Å². The van der Waals surface area contributed by atoms with Crippen LogP contribution < -0.4 is 4.74 Å². The molecule has 0 fully saturated rings. The molecule has 4 rings (SSSR count). The summed E-state index contributed by atoms with van der Waals surface area (Å²) in [5.74, 6) is 5.37. The van der Waals surface area contributed by atoms with Gasteiger partial charge in [0.25, 0.3) is 0 Å². The van der Waals surface area contributed by atoms with Crippen LogP contribution in [0.2, 0.25) is 0 Å². The predicted octanol–water partition coefficient (Wildman–Crippen LogP) is 4.09. The maximum atomic E-state index is 11.1. The number of benzene rings is 2. The van der Waals surface area contributed by atoms with Crippen LogP contribution in [-0.2, 0) is 31.0 Å². The van der Waals surface area contributed by atoms with Crippen LogP contribution in [0.25, 0.3) is 0 Å². The second-order valence-electron chi connectivity index (χ2n) is 7.74. The first-order valence-corrected chi connectivity index (χ1v) is 10.3. The van der Waals surface area contributed by atoms with Crippen LogP contribution >= 0.6 is 0 Å². The summed E-state index contributed by atoms with van der Waals surface area (Å²) in [5, 5.41) is 16.2. The third kappa shape index (κ3) is 5.33. The van der Waals surface area contributed by atoms with Crippen molar-refractivity contribution in [2.45, 2.75) is 45.5 Å². The quantitative estimate of drug-likeness (QED) is 0.542. The molecule has 0 spiro atoms. The molecule has 1 aliphatic rings. The zero-order chi connectivity index (χ0) is 21.6. The van der Waals surface area contributed by atoms with Gasteiger partial charge in [-0.05, 0) is 35.7 Å². The number of aliphatic carboxylic acids is 1. The van der Waals surface area contributed by atoms with E-state index < -0.39 is 5.97 Å². The number of nitrogens with zero attached hydrogens (tertiary/aromatic N) is 2. The second-order valence-corrected chi connectivity index (χ2v) is 7.74. The molecular weight excluding hydrogens is 390 g/mol. The number of hydrogen-bond acceptors (Lipinski definition) is 4. The summed E-state index contributed by atoms with van der Waals surface area (Å²) in [6.07, 6.45) is 1.90. The summed E-state index contributed by atoms with van der Waals surface area (Å²) in [7, 11) is 0. The molecule has 158 valence electrons. The van der Waals surface area contributed by atoms with E-state index in [0.717, 1.165) is 36.5 Å². The van der Waals surface area contributed by atoms with E-state index in [1.807, 2.05) is 30.5 Å². The van der Waals surface area contributed by atoms with Crippen molar-refractivity contribution in [3.63, 3.8) is 0 Å². The monoisotopic (exact) mass is 415 g/mol. The van der Waals surface area contributed by atoms with Gasteiger partial charge >= 0.3 is 5.97 Å². The number of carbonyl (C=O) groups is 1. The number of ether oxygens (including phenoxy) is 1. The molecular formula is C25H25N3O3. The zero-order valence-corrected chi connectivity index (χ0v) is 17.5. The minimum absolute atomic E-state index is 0.00772. The Hall–Kier alpha value is -3.56. The van der Waals surface area contributed by atoms with E-state index in [1.54, 1.807) is 6.92 Å². The Morgan fingerprint density at radius 2 is 2.03 bits per heavy atom. The highest BCUT2D eigenvalue weighted by Gasteiger charge is 2.20. The van der Waals surface area contributed by atoms with Crippen molar-refractivity contribution in [2.75, 3.05) is 0 Å².